The maximum absolute atomic E-state index is 13.7. The van der Waals surface area contributed by atoms with Crippen molar-refractivity contribution in [3.63, 3.8) is 0 Å². The van der Waals surface area contributed by atoms with Crippen LogP contribution in [0.1, 0.15) is 44.3 Å². The van der Waals surface area contributed by atoms with Crippen LogP contribution in [0.15, 0.2) is 18.2 Å². The molecule has 0 aliphatic heterocycles. The SMILES string of the molecule is CCOC(=O)C1(NCC(O)c2ccc(F)cc2F)CCCC1. The molecule has 0 aromatic heterocycles. The van der Waals surface area contributed by atoms with Crippen LogP contribution in [0.3, 0.4) is 0 Å². The van der Waals surface area contributed by atoms with Crippen molar-refractivity contribution in [2.24, 2.45) is 0 Å². The molecular weight excluding hydrogens is 292 g/mol. The van der Waals surface area contributed by atoms with Gasteiger partial charge in [0.15, 0.2) is 0 Å². The van der Waals surface area contributed by atoms with Gasteiger partial charge < -0.3 is 9.84 Å². The van der Waals surface area contributed by atoms with Gasteiger partial charge in [-0.2, -0.15) is 0 Å². The molecule has 2 N–H and O–H groups in total. The van der Waals surface area contributed by atoms with E-state index in [1.165, 1.54) is 6.07 Å². The summed E-state index contributed by atoms with van der Waals surface area (Å²) in [7, 11) is 0. The maximum atomic E-state index is 13.7. The lowest BCUT2D eigenvalue weighted by Gasteiger charge is -2.29. The van der Waals surface area contributed by atoms with E-state index in [0.717, 1.165) is 25.0 Å². The second kappa shape index (κ2) is 7.15. The van der Waals surface area contributed by atoms with Gasteiger partial charge in [-0.15, -0.1) is 0 Å². The van der Waals surface area contributed by atoms with Crippen molar-refractivity contribution in [1.29, 1.82) is 0 Å². The Kier molecular flexibility index (Phi) is 5.47. The van der Waals surface area contributed by atoms with E-state index in [1.807, 2.05) is 0 Å². The zero-order valence-corrected chi connectivity index (χ0v) is 12.6. The number of nitrogens with one attached hydrogen (secondary N) is 1. The second-order valence-corrected chi connectivity index (χ2v) is 5.57. The highest BCUT2D eigenvalue weighted by Gasteiger charge is 2.42. The Morgan fingerprint density at radius 1 is 1.41 bits per heavy atom. The number of hydrogen-bond acceptors (Lipinski definition) is 4. The third kappa shape index (κ3) is 3.62. The summed E-state index contributed by atoms with van der Waals surface area (Å²) in [6, 6.07) is 3.04. The molecule has 1 unspecified atom stereocenters. The van der Waals surface area contributed by atoms with Gasteiger partial charge in [-0.1, -0.05) is 18.9 Å². The van der Waals surface area contributed by atoms with Crippen LogP contribution in [0.5, 0.6) is 0 Å². The summed E-state index contributed by atoms with van der Waals surface area (Å²) in [6.45, 7) is 2.03. The molecule has 0 amide bonds. The highest BCUT2D eigenvalue weighted by Crippen LogP contribution is 2.31. The predicted octanol–water partition coefficient (Wildman–Crippen LogP) is 2.46. The van der Waals surface area contributed by atoms with E-state index >= 15 is 0 Å². The van der Waals surface area contributed by atoms with Crippen molar-refractivity contribution in [1.82, 2.24) is 5.32 Å². The molecule has 1 aliphatic carbocycles. The van der Waals surface area contributed by atoms with Crippen molar-refractivity contribution < 1.29 is 23.4 Å². The first-order chi connectivity index (χ1) is 10.5. The summed E-state index contributed by atoms with van der Waals surface area (Å²) in [5, 5.41) is 13.1. The van der Waals surface area contributed by atoms with Crippen LogP contribution >= 0.6 is 0 Å². The van der Waals surface area contributed by atoms with Gasteiger partial charge >= 0.3 is 5.97 Å². The molecule has 0 heterocycles. The monoisotopic (exact) mass is 313 g/mol. The molecule has 1 atom stereocenters. The van der Waals surface area contributed by atoms with E-state index in [2.05, 4.69) is 5.32 Å². The van der Waals surface area contributed by atoms with Crippen LogP contribution < -0.4 is 5.32 Å². The van der Waals surface area contributed by atoms with Gasteiger partial charge in [0.1, 0.15) is 17.2 Å². The molecule has 0 saturated heterocycles. The molecule has 6 heteroatoms. The number of carbonyl (C=O) groups excluding carboxylic acids is 1. The summed E-state index contributed by atoms with van der Waals surface area (Å²) in [5.74, 6) is -1.83. The van der Waals surface area contributed by atoms with E-state index in [1.54, 1.807) is 6.92 Å². The molecule has 1 aromatic rings. The summed E-state index contributed by atoms with van der Waals surface area (Å²) < 4.78 is 31.7. The van der Waals surface area contributed by atoms with Crippen LogP contribution in [-0.4, -0.2) is 29.8 Å². The first kappa shape index (κ1) is 16.8. The third-order valence-electron chi connectivity index (χ3n) is 4.08. The zero-order valence-electron chi connectivity index (χ0n) is 12.6. The molecule has 122 valence electrons. The fraction of sp³-hybridized carbons (Fsp3) is 0.562. The lowest BCUT2D eigenvalue weighted by atomic mass is 9.96. The number of ether oxygens (including phenoxy) is 1. The zero-order chi connectivity index (χ0) is 16.2. The lowest BCUT2D eigenvalue weighted by Crippen LogP contribution is -2.52. The van der Waals surface area contributed by atoms with Gasteiger partial charge in [-0.05, 0) is 25.8 Å². The molecule has 0 spiro atoms. The van der Waals surface area contributed by atoms with E-state index in [9.17, 15) is 18.7 Å². The van der Waals surface area contributed by atoms with Crippen molar-refractivity contribution in [2.75, 3.05) is 13.2 Å². The number of aliphatic hydroxyl groups is 1. The number of rotatable bonds is 6. The van der Waals surface area contributed by atoms with Gasteiger partial charge in [0, 0.05) is 18.2 Å². The topological polar surface area (TPSA) is 58.6 Å². The van der Waals surface area contributed by atoms with Gasteiger partial charge in [-0.3, -0.25) is 10.1 Å². The van der Waals surface area contributed by atoms with E-state index in [4.69, 9.17) is 4.74 Å². The quantitative estimate of drug-likeness (QED) is 0.792. The van der Waals surface area contributed by atoms with Gasteiger partial charge in [0.25, 0.3) is 0 Å². The largest absolute Gasteiger partial charge is 0.465 e. The minimum Gasteiger partial charge on any atom is -0.465 e. The number of hydrogen-bond donors (Lipinski definition) is 2. The highest BCUT2D eigenvalue weighted by molar-refractivity contribution is 5.81. The van der Waals surface area contributed by atoms with E-state index in [-0.39, 0.29) is 24.7 Å². The van der Waals surface area contributed by atoms with Crippen LogP contribution in [-0.2, 0) is 9.53 Å². The number of carbonyl (C=O) groups is 1. The Morgan fingerprint density at radius 2 is 2.09 bits per heavy atom. The first-order valence-corrected chi connectivity index (χ1v) is 7.54. The molecular formula is C16H21F2NO3. The molecule has 0 bridgehead atoms. The van der Waals surface area contributed by atoms with Crippen LogP contribution in [0, 0.1) is 11.6 Å². The van der Waals surface area contributed by atoms with Gasteiger partial charge in [0.2, 0.25) is 0 Å². The number of β-amino-alcohol motifs (C(OH)–C–C–N with tert-alkyl or cyclic N) is 1. The van der Waals surface area contributed by atoms with E-state index in [0.29, 0.717) is 12.8 Å². The van der Waals surface area contributed by atoms with Crippen LogP contribution in [0.2, 0.25) is 0 Å². The molecule has 1 saturated carbocycles. The normalized spacial score (nSPS) is 18.2. The lowest BCUT2D eigenvalue weighted by molar-refractivity contribution is -0.151. The molecule has 4 nitrogen and oxygen atoms in total. The Bertz CT molecular complexity index is 530. The third-order valence-corrected chi connectivity index (χ3v) is 4.08. The Hall–Kier alpha value is -1.53. The Labute approximate surface area is 128 Å². The molecule has 1 aliphatic rings. The summed E-state index contributed by atoms with van der Waals surface area (Å²) >= 11 is 0. The fourth-order valence-corrected chi connectivity index (χ4v) is 2.87. The highest BCUT2D eigenvalue weighted by atomic mass is 19.1. The van der Waals surface area contributed by atoms with Crippen molar-refractivity contribution >= 4 is 5.97 Å². The number of benzene rings is 1. The summed E-state index contributed by atoms with van der Waals surface area (Å²) in [4.78, 5) is 12.1. The number of aliphatic hydroxyl groups excluding tert-OH is 1. The Balaban J connectivity index is 2.04. The average molecular weight is 313 g/mol. The first-order valence-electron chi connectivity index (χ1n) is 7.54. The minimum atomic E-state index is -1.16. The maximum Gasteiger partial charge on any atom is 0.326 e. The summed E-state index contributed by atoms with van der Waals surface area (Å²) in [5.41, 5.74) is -0.807. The molecule has 2 rings (SSSR count). The number of esters is 1. The van der Waals surface area contributed by atoms with Crippen molar-refractivity contribution in [3.8, 4) is 0 Å². The Morgan fingerprint density at radius 3 is 2.68 bits per heavy atom. The van der Waals surface area contributed by atoms with Gasteiger partial charge in [-0.25, -0.2) is 8.78 Å². The minimum absolute atomic E-state index is 0.00136. The van der Waals surface area contributed by atoms with Gasteiger partial charge in [0.05, 0.1) is 12.7 Å². The van der Waals surface area contributed by atoms with Crippen molar-refractivity contribution in [3.05, 3.63) is 35.4 Å². The average Bonchev–Trinajstić information content (AvgIpc) is 2.95. The molecule has 1 aromatic carbocycles. The summed E-state index contributed by atoms with van der Waals surface area (Å²) in [6.07, 6.45) is 1.89. The fourth-order valence-electron chi connectivity index (χ4n) is 2.87. The molecule has 22 heavy (non-hydrogen) atoms. The van der Waals surface area contributed by atoms with Crippen molar-refractivity contribution in [2.45, 2.75) is 44.2 Å². The van der Waals surface area contributed by atoms with Crippen LogP contribution in [0.25, 0.3) is 0 Å². The molecule has 1 fully saturated rings. The molecule has 0 radical (unpaired) electrons. The van der Waals surface area contributed by atoms with Crippen LogP contribution in [0.4, 0.5) is 8.78 Å². The smallest absolute Gasteiger partial charge is 0.326 e. The van der Waals surface area contributed by atoms with E-state index < -0.39 is 23.3 Å². The number of halogens is 2. The predicted molar refractivity (Wildman–Crippen MR) is 77.2 cm³/mol. The standard InChI is InChI=1S/C16H21F2NO3/c1-2-22-15(21)16(7-3-4-8-16)19-10-14(20)12-6-5-11(17)9-13(12)18/h5-6,9,14,19-20H,2-4,7-8,10H2,1H3. The second-order valence-electron chi connectivity index (χ2n) is 5.57.